The first-order valence-corrected chi connectivity index (χ1v) is 8.17. The topological polar surface area (TPSA) is 86.6 Å². The average molecular weight is 320 g/mol. The van der Waals surface area contributed by atoms with E-state index in [1.54, 1.807) is 12.3 Å². The van der Waals surface area contributed by atoms with Crippen molar-refractivity contribution in [3.05, 3.63) is 24.2 Å². The standard InChI is InChI=1S/C16H24N4O3/c1-20-11(9-19-16(22)15-13(20)6-7-17-15)4-5-14(21)18-10-12-3-2-8-23-12/h2-3,8,11,13,15,17H,4-7,9-10H2,1H3,(H,18,21)(H,19,22)/t11-,13+,15-/m0/s1. The number of hydrogen-bond donors (Lipinski definition) is 3. The molecule has 0 aromatic carbocycles. The summed E-state index contributed by atoms with van der Waals surface area (Å²) in [5.74, 6) is 0.827. The summed E-state index contributed by atoms with van der Waals surface area (Å²) in [5.41, 5.74) is 0. The zero-order valence-electron chi connectivity index (χ0n) is 13.4. The van der Waals surface area contributed by atoms with Gasteiger partial charge < -0.3 is 20.4 Å². The number of furan rings is 1. The Morgan fingerprint density at radius 3 is 3.17 bits per heavy atom. The number of amides is 2. The summed E-state index contributed by atoms with van der Waals surface area (Å²) in [5, 5.41) is 9.10. The molecule has 0 aliphatic carbocycles. The second-order valence-corrected chi connectivity index (χ2v) is 6.25. The van der Waals surface area contributed by atoms with Crippen molar-refractivity contribution >= 4 is 11.8 Å². The maximum absolute atomic E-state index is 12.1. The van der Waals surface area contributed by atoms with Gasteiger partial charge in [-0.05, 0) is 38.6 Å². The van der Waals surface area contributed by atoms with Gasteiger partial charge in [-0.2, -0.15) is 0 Å². The van der Waals surface area contributed by atoms with E-state index in [0.717, 1.165) is 25.1 Å². The minimum absolute atomic E-state index is 0.00599. The van der Waals surface area contributed by atoms with Gasteiger partial charge >= 0.3 is 0 Å². The minimum atomic E-state index is -0.127. The first kappa shape index (κ1) is 16.0. The first-order valence-electron chi connectivity index (χ1n) is 8.17. The van der Waals surface area contributed by atoms with Crippen LogP contribution in [0.15, 0.2) is 22.8 Å². The van der Waals surface area contributed by atoms with Gasteiger partial charge in [-0.1, -0.05) is 0 Å². The minimum Gasteiger partial charge on any atom is -0.467 e. The zero-order valence-corrected chi connectivity index (χ0v) is 13.4. The molecule has 7 heteroatoms. The van der Waals surface area contributed by atoms with E-state index in [1.807, 2.05) is 6.07 Å². The molecule has 7 nitrogen and oxygen atoms in total. The molecule has 2 aliphatic rings. The van der Waals surface area contributed by atoms with Crippen LogP contribution < -0.4 is 16.0 Å². The van der Waals surface area contributed by atoms with E-state index >= 15 is 0 Å². The van der Waals surface area contributed by atoms with Crippen LogP contribution >= 0.6 is 0 Å². The van der Waals surface area contributed by atoms with Crippen LogP contribution in [-0.2, 0) is 16.1 Å². The molecule has 3 N–H and O–H groups in total. The van der Waals surface area contributed by atoms with Crippen molar-refractivity contribution in [1.82, 2.24) is 20.9 Å². The third kappa shape index (κ3) is 3.73. The van der Waals surface area contributed by atoms with E-state index in [-0.39, 0.29) is 29.9 Å². The summed E-state index contributed by atoms with van der Waals surface area (Å²) in [6, 6.07) is 3.91. The lowest BCUT2D eigenvalue weighted by molar-refractivity contribution is -0.123. The van der Waals surface area contributed by atoms with Crippen molar-refractivity contribution in [2.75, 3.05) is 20.1 Å². The lowest BCUT2D eigenvalue weighted by Crippen LogP contribution is -2.48. The quantitative estimate of drug-likeness (QED) is 0.702. The summed E-state index contributed by atoms with van der Waals surface area (Å²) in [4.78, 5) is 26.3. The average Bonchev–Trinajstić information content (AvgIpc) is 3.21. The molecule has 3 atom stereocenters. The van der Waals surface area contributed by atoms with Gasteiger partial charge in [0, 0.05) is 25.0 Å². The monoisotopic (exact) mass is 320 g/mol. The van der Waals surface area contributed by atoms with E-state index in [4.69, 9.17) is 4.42 Å². The molecule has 2 amide bonds. The van der Waals surface area contributed by atoms with Crippen molar-refractivity contribution in [3.8, 4) is 0 Å². The Balaban J connectivity index is 1.48. The fourth-order valence-electron chi connectivity index (χ4n) is 3.43. The molecule has 1 aromatic heterocycles. The third-order valence-corrected chi connectivity index (χ3v) is 4.83. The molecule has 0 spiro atoms. The highest BCUT2D eigenvalue weighted by Crippen LogP contribution is 2.21. The normalized spacial score (nSPS) is 28.0. The number of fused-ring (bicyclic) bond motifs is 1. The van der Waals surface area contributed by atoms with Gasteiger partial charge in [0.2, 0.25) is 11.8 Å². The molecule has 23 heavy (non-hydrogen) atoms. The number of nitrogens with one attached hydrogen (secondary N) is 3. The van der Waals surface area contributed by atoms with Crippen molar-refractivity contribution < 1.29 is 14.0 Å². The van der Waals surface area contributed by atoms with Crippen LogP contribution in [0.2, 0.25) is 0 Å². The van der Waals surface area contributed by atoms with Crippen LogP contribution in [0.5, 0.6) is 0 Å². The van der Waals surface area contributed by atoms with Crippen LogP contribution in [0.25, 0.3) is 0 Å². The van der Waals surface area contributed by atoms with E-state index < -0.39 is 0 Å². The smallest absolute Gasteiger partial charge is 0.238 e. The molecule has 2 saturated heterocycles. The molecule has 0 radical (unpaired) electrons. The SMILES string of the molecule is CN1[C@@H](CCC(=O)NCc2ccco2)CNC(=O)[C@H]2NCC[C@H]21. The molecule has 126 valence electrons. The van der Waals surface area contributed by atoms with Gasteiger partial charge in [-0.3, -0.25) is 14.5 Å². The molecular weight excluding hydrogens is 296 g/mol. The summed E-state index contributed by atoms with van der Waals surface area (Å²) in [6.07, 6.45) is 3.73. The second-order valence-electron chi connectivity index (χ2n) is 6.25. The zero-order chi connectivity index (χ0) is 16.2. The van der Waals surface area contributed by atoms with Gasteiger partial charge in [-0.15, -0.1) is 0 Å². The Morgan fingerprint density at radius 2 is 2.39 bits per heavy atom. The molecule has 0 saturated carbocycles. The van der Waals surface area contributed by atoms with Crippen molar-refractivity contribution in [3.63, 3.8) is 0 Å². The van der Waals surface area contributed by atoms with Gasteiger partial charge in [0.05, 0.1) is 12.8 Å². The summed E-state index contributed by atoms with van der Waals surface area (Å²) >= 11 is 0. The Morgan fingerprint density at radius 1 is 1.52 bits per heavy atom. The van der Waals surface area contributed by atoms with Gasteiger partial charge in [0.25, 0.3) is 0 Å². The predicted octanol–water partition coefficient (Wildman–Crippen LogP) is -0.163. The molecule has 0 unspecified atom stereocenters. The largest absolute Gasteiger partial charge is 0.467 e. The number of likely N-dealkylation sites (N-methyl/N-ethyl adjacent to an activating group) is 1. The molecule has 3 heterocycles. The molecule has 1 aromatic rings. The van der Waals surface area contributed by atoms with Crippen molar-refractivity contribution in [2.24, 2.45) is 0 Å². The molecule has 0 bridgehead atoms. The van der Waals surface area contributed by atoms with E-state index in [2.05, 4.69) is 27.9 Å². The van der Waals surface area contributed by atoms with Crippen molar-refractivity contribution in [1.29, 1.82) is 0 Å². The van der Waals surface area contributed by atoms with Crippen molar-refractivity contribution in [2.45, 2.75) is 43.9 Å². The highest BCUT2D eigenvalue weighted by molar-refractivity contribution is 5.83. The molecule has 2 fully saturated rings. The van der Waals surface area contributed by atoms with Crippen LogP contribution in [0.4, 0.5) is 0 Å². The highest BCUT2D eigenvalue weighted by atomic mass is 16.3. The fraction of sp³-hybridized carbons (Fsp3) is 0.625. The maximum Gasteiger partial charge on any atom is 0.238 e. The second kappa shape index (κ2) is 7.14. The Hall–Kier alpha value is -1.86. The Kier molecular flexibility index (Phi) is 4.97. The van der Waals surface area contributed by atoms with Gasteiger partial charge in [0.1, 0.15) is 11.8 Å². The van der Waals surface area contributed by atoms with E-state index in [1.165, 1.54) is 0 Å². The maximum atomic E-state index is 12.1. The number of rotatable bonds is 5. The third-order valence-electron chi connectivity index (χ3n) is 4.83. The Labute approximate surface area is 135 Å². The van der Waals surface area contributed by atoms with E-state index in [0.29, 0.717) is 19.5 Å². The summed E-state index contributed by atoms with van der Waals surface area (Å²) in [7, 11) is 2.05. The van der Waals surface area contributed by atoms with Crippen LogP contribution in [-0.4, -0.2) is 55.0 Å². The number of nitrogens with zero attached hydrogens (tertiary/aromatic N) is 1. The van der Waals surface area contributed by atoms with Gasteiger partial charge in [-0.25, -0.2) is 0 Å². The summed E-state index contributed by atoms with van der Waals surface area (Å²) < 4.78 is 5.19. The first-order chi connectivity index (χ1) is 11.1. The molecule has 2 aliphatic heterocycles. The molecule has 3 rings (SSSR count). The van der Waals surface area contributed by atoms with Crippen LogP contribution in [0.3, 0.4) is 0 Å². The summed E-state index contributed by atoms with van der Waals surface area (Å²) in [6.45, 7) is 1.87. The lowest BCUT2D eigenvalue weighted by Gasteiger charge is -2.31. The number of carbonyl (C=O) groups is 2. The predicted molar refractivity (Wildman–Crippen MR) is 84.5 cm³/mol. The van der Waals surface area contributed by atoms with Crippen LogP contribution in [0, 0.1) is 0 Å². The van der Waals surface area contributed by atoms with E-state index in [9.17, 15) is 9.59 Å². The fourth-order valence-corrected chi connectivity index (χ4v) is 3.43. The number of hydrogen-bond acceptors (Lipinski definition) is 5. The van der Waals surface area contributed by atoms with Crippen LogP contribution in [0.1, 0.15) is 25.0 Å². The lowest BCUT2D eigenvalue weighted by atomic mass is 10.0. The molecular formula is C16H24N4O3. The number of carbonyl (C=O) groups excluding carboxylic acids is 2. The highest BCUT2D eigenvalue weighted by Gasteiger charge is 2.40. The Bertz CT molecular complexity index is 546. The van der Waals surface area contributed by atoms with Gasteiger partial charge in [0.15, 0.2) is 0 Å².